The summed E-state index contributed by atoms with van der Waals surface area (Å²) < 4.78 is 0. The van der Waals surface area contributed by atoms with Crippen LogP contribution in [0.25, 0.3) is 0 Å². The first-order valence-electron chi connectivity index (χ1n) is 6.52. The van der Waals surface area contributed by atoms with Crippen molar-refractivity contribution in [1.29, 1.82) is 0 Å². The Morgan fingerprint density at radius 3 is 2.12 bits per heavy atom. The number of likely N-dealkylation sites (N-methyl/N-ethyl adjacent to an activating group) is 1. The number of hydrogen-bond donors (Lipinski definition) is 2. The molecule has 0 aromatic carbocycles. The molecule has 0 bridgehead atoms. The minimum Gasteiger partial charge on any atom is -0.302 e. The summed E-state index contributed by atoms with van der Waals surface area (Å²) in [5, 5.41) is 0. The Morgan fingerprint density at radius 1 is 1.25 bits per heavy atom. The molecule has 3 nitrogen and oxygen atoms in total. The Bertz CT molecular complexity index is 180. The molecule has 0 amide bonds. The summed E-state index contributed by atoms with van der Waals surface area (Å²) in [5.41, 5.74) is 3.15. The van der Waals surface area contributed by atoms with Crippen LogP contribution in [0.1, 0.15) is 53.4 Å². The summed E-state index contributed by atoms with van der Waals surface area (Å²) >= 11 is 0. The molecule has 3 heteroatoms. The van der Waals surface area contributed by atoms with Crippen LogP contribution in [0.2, 0.25) is 0 Å². The fourth-order valence-corrected chi connectivity index (χ4v) is 2.18. The van der Waals surface area contributed by atoms with Crippen molar-refractivity contribution in [1.82, 2.24) is 10.3 Å². The molecule has 0 radical (unpaired) electrons. The van der Waals surface area contributed by atoms with Crippen LogP contribution in [0.4, 0.5) is 0 Å². The van der Waals surface area contributed by atoms with Crippen LogP contribution < -0.4 is 11.3 Å². The molecule has 0 spiro atoms. The van der Waals surface area contributed by atoms with Crippen LogP contribution in [-0.2, 0) is 0 Å². The zero-order valence-corrected chi connectivity index (χ0v) is 12.0. The van der Waals surface area contributed by atoms with Gasteiger partial charge in [0, 0.05) is 11.6 Å². The molecule has 16 heavy (non-hydrogen) atoms. The topological polar surface area (TPSA) is 41.3 Å². The van der Waals surface area contributed by atoms with Gasteiger partial charge in [0.2, 0.25) is 0 Å². The summed E-state index contributed by atoms with van der Waals surface area (Å²) in [6, 6.07) is 0.367. The van der Waals surface area contributed by atoms with Gasteiger partial charge in [-0.1, -0.05) is 33.6 Å². The third kappa shape index (κ3) is 4.40. The number of rotatable bonds is 8. The molecule has 3 N–H and O–H groups in total. The van der Waals surface area contributed by atoms with Crippen molar-refractivity contribution >= 4 is 0 Å². The normalized spacial score (nSPS) is 17.8. The second kappa shape index (κ2) is 7.25. The van der Waals surface area contributed by atoms with Crippen LogP contribution in [-0.4, -0.2) is 30.6 Å². The maximum atomic E-state index is 5.71. The highest BCUT2D eigenvalue weighted by Crippen LogP contribution is 2.24. The first kappa shape index (κ1) is 15.9. The second-order valence-electron chi connectivity index (χ2n) is 5.65. The van der Waals surface area contributed by atoms with Crippen molar-refractivity contribution in [3.8, 4) is 0 Å². The van der Waals surface area contributed by atoms with E-state index in [-0.39, 0.29) is 5.54 Å². The van der Waals surface area contributed by atoms with Gasteiger partial charge in [0.25, 0.3) is 0 Å². The van der Waals surface area contributed by atoms with Crippen molar-refractivity contribution in [3.05, 3.63) is 0 Å². The summed E-state index contributed by atoms with van der Waals surface area (Å²) in [6.45, 7) is 9.06. The first-order valence-corrected chi connectivity index (χ1v) is 6.52. The standard InChI is InChI=1S/C13H31N3/c1-7-13(4,16(5)6)12(15-14)10-8-9-11(2)3/h11-12,15H,7-10,14H2,1-6H3. The van der Waals surface area contributed by atoms with Gasteiger partial charge in [-0.2, -0.15) is 0 Å². The number of nitrogens with one attached hydrogen (secondary N) is 1. The Hall–Kier alpha value is -0.120. The maximum Gasteiger partial charge on any atom is 0.0391 e. The number of nitrogens with zero attached hydrogens (tertiary/aromatic N) is 1. The largest absolute Gasteiger partial charge is 0.302 e. The van der Waals surface area contributed by atoms with Gasteiger partial charge >= 0.3 is 0 Å². The zero-order valence-electron chi connectivity index (χ0n) is 12.0. The number of hydrogen-bond acceptors (Lipinski definition) is 3. The van der Waals surface area contributed by atoms with Crippen molar-refractivity contribution in [2.75, 3.05) is 14.1 Å². The highest BCUT2D eigenvalue weighted by atomic mass is 15.3. The molecule has 0 aromatic heterocycles. The van der Waals surface area contributed by atoms with E-state index < -0.39 is 0 Å². The minimum atomic E-state index is 0.145. The van der Waals surface area contributed by atoms with Crippen molar-refractivity contribution in [2.45, 2.75) is 65.0 Å². The summed E-state index contributed by atoms with van der Waals surface area (Å²) in [5.74, 6) is 6.50. The van der Waals surface area contributed by atoms with Gasteiger partial charge < -0.3 is 4.90 Å². The van der Waals surface area contributed by atoms with Gasteiger partial charge in [-0.15, -0.1) is 0 Å². The van der Waals surface area contributed by atoms with Crippen LogP contribution in [0.5, 0.6) is 0 Å². The van der Waals surface area contributed by atoms with E-state index in [1.165, 1.54) is 12.8 Å². The number of nitrogens with two attached hydrogens (primary N) is 1. The van der Waals surface area contributed by atoms with Crippen LogP contribution in [0, 0.1) is 5.92 Å². The van der Waals surface area contributed by atoms with E-state index in [4.69, 9.17) is 5.84 Å². The molecule has 0 heterocycles. The van der Waals surface area contributed by atoms with Gasteiger partial charge in [-0.25, -0.2) is 0 Å². The van der Waals surface area contributed by atoms with Gasteiger partial charge in [-0.3, -0.25) is 11.3 Å². The third-order valence-corrected chi connectivity index (χ3v) is 3.96. The second-order valence-corrected chi connectivity index (χ2v) is 5.65. The first-order chi connectivity index (χ1) is 7.38. The molecular formula is C13H31N3. The van der Waals surface area contributed by atoms with E-state index in [1.807, 2.05) is 0 Å². The molecule has 98 valence electrons. The average Bonchev–Trinajstić information content (AvgIpc) is 2.22. The predicted molar refractivity (Wildman–Crippen MR) is 72.2 cm³/mol. The summed E-state index contributed by atoms with van der Waals surface area (Å²) in [7, 11) is 4.27. The smallest absolute Gasteiger partial charge is 0.0391 e. The molecule has 0 fully saturated rings. The van der Waals surface area contributed by atoms with E-state index in [1.54, 1.807) is 0 Å². The molecule has 0 aromatic rings. The van der Waals surface area contributed by atoms with E-state index in [9.17, 15) is 0 Å². The molecule has 0 aliphatic carbocycles. The lowest BCUT2D eigenvalue weighted by Gasteiger charge is -2.42. The van der Waals surface area contributed by atoms with Gasteiger partial charge in [0.1, 0.15) is 0 Å². The fraction of sp³-hybridized carbons (Fsp3) is 1.00. The van der Waals surface area contributed by atoms with Crippen LogP contribution in [0.15, 0.2) is 0 Å². The predicted octanol–water partition coefficient (Wildman–Crippen LogP) is 2.37. The van der Waals surface area contributed by atoms with Gasteiger partial charge in [0.15, 0.2) is 0 Å². The SMILES string of the molecule is CCC(C)(C(CCCC(C)C)NN)N(C)C. The van der Waals surface area contributed by atoms with E-state index >= 15 is 0 Å². The molecule has 2 unspecified atom stereocenters. The molecule has 0 saturated heterocycles. The van der Waals surface area contributed by atoms with Crippen LogP contribution in [0.3, 0.4) is 0 Å². The van der Waals surface area contributed by atoms with Crippen molar-refractivity contribution in [3.63, 3.8) is 0 Å². The lowest BCUT2D eigenvalue weighted by atomic mass is 9.84. The Morgan fingerprint density at radius 2 is 1.81 bits per heavy atom. The van der Waals surface area contributed by atoms with Crippen LogP contribution >= 0.6 is 0 Å². The van der Waals surface area contributed by atoms with E-state index in [0.717, 1.165) is 18.8 Å². The molecule has 2 atom stereocenters. The third-order valence-electron chi connectivity index (χ3n) is 3.96. The lowest BCUT2D eigenvalue weighted by Crippen LogP contribution is -2.58. The number of hydrazine groups is 1. The van der Waals surface area contributed by atoms with Gasteiger partial charge in [-0.05, 0) is 39.8 Å². The van der Waals surface area contributed by atoms with Crippen molar-refractivity contribution < 1.29 is 0 Å². The van der Waals surface area contributed by atoms with E-state index in [0.29, 0.717) is 6.04 Å². The Balaban J connectivity index is 4.34. The summed E-state index contributed by atoms with van der Waals surface area (Å²) in [4.78, 5) is 2.28. The van der Waals surface area contributed by atoms with E-state index in [2.05, 4.69) is 52.1 Å². The monoisotopic (exact) mass is 229 g/mol. The highest BCUT2D eigenvalue weighted by Gasteiger charge is 2.33. The quantitative estimate of drug-likeness (QED) is 0.496. The average molecular weight is 229 g/mol. The maximum absolute atomic E-state index is 5.71. The summed E-state index contributed by atoms with van der Waals surface area (Å²) in [6.07, 6.45) is 4.79. The molecular weight excluding hydrogens is 198 g/mol. The molecule has 0 saturated carbocycles. The molecule has 0 aliphatic rings. The Kier molecular flexibility index (Phi) is 7.20. The molecule has 0 rings (SSSR count). The lowest BCUT2D eigenvalue weighted by molar-refractivity contribution is 0.106. The fourth-order valence-electron chi connectivity index (χ4n) is 2.18. The van der Waals surface area contributed by atoms with Gasteiger partial charge in [0.05, 0.1) is 0 Å². The highest BCUT2D eigenvalue weighted by molar-refractivity contribution is 4.93. The van der Waals surface area contributed by atoms with Crippen molar-refractivity contribution in [2.24, 2.45) is 11.8 Å². The molecule has 0 aliphatic heterocycles. The minimum absolute atomic E-state index is 0.145. The zero-order chi connectivity index (χ0) is 12.8. The Labute approximate surface area is 102 Å².